The van der Waals surface area contributed by atoms with Crippen molar-refractivity contribution in [1.29, 1.82) is 5.26 Å². The molecule has 6 nitrogen and oxygen atoms in total. The number of carbonyl (C=O) groups excluding carboxylic acids is 1. The first kappa shape index (κ1) is 22.2. The number of anilines is 1. The van der Waals surface area contributed by atoms with Crippen molar-refractivity contribution in [3.8, 4) is 6.07 Å². The lowest BCUT2D eigenvalue weighted by atomic mass is 10.0. The van der Waals surface area contributed by atoms with Gasteiger partial charge in [0, 0.05) is 31.9 Å². The van der Waals surface area contributed by atoms with Crippen LogP contribution in [0, 0.1) is 11.3 Å². The van der Waals surface area contributed by atoms with Crippen molar-refractivity contribution in [3.05, 3.63) is 29.8 Å². The minimum atomic E-state index is -0.510. The van der Waals surface area contributed by atoms with E-state index in [4.69, 9.17) is 5.73 Å². The second-order valence-corrected chi connectivity index (χ2v) is 7.44. The fourth-order valence-corrected chi connectivity index (χ4v) is 3.76. The fourth-order valence-electron chi connectivity index (χ4n) is 3.76. The maximum Gasteiger partial charge on any atom is 0.240 e. The van der Waals surface area contributed by atoms with Crippen LogP contribution >= 0.6 is 0 Å². The SMILES string of the molecule is CCN(CC)c1ccc(CNCCCC(N)C(=O)N2CCCCC2C#N)cc1. The highest BCUT2D eigenvalue weighted by atomic mass is 16.2. The Balaban J connectivity index is 1.68. The molecule has 2 atom stereocenters. The Morgan fingerprint density at radius 2 is 2.04 bits per heavy atom. The van der Waals surface area contributed by atoms with Crippen LogP contribution in [0.4, 0.5) is 5.69 Å². The molecule has 1 fully saturated rings. The molecule has 0 bridgehead atoms. The van der Waals surface area contributed by atoms with E-state index in [0.717, 1.165) is 51.9 Å². The number of hydrogen-bond donors (Lipinski definition) is 2. The standard InChI is InChI=1S/C22H35N5O/c1-3-26(4-2)19-12-10-18(11-13-19)17-25-14-7-9-21(24)22(28)27-15-6-5-8-20(27)16-23/h10-13,20-21,25H,3-9,14-15,17,24H2,1-2H3. The van der Waals surface area contributed by atoms with Crippen LogP contribution in [0.2, 0.25) is 0 Å². The third-order valence-electron chi connectivity index (χ3n) is 5.51. The Bertz CT molecular complexity index is 635. The highest BCUT2D eigenvalue weighted by Gasteiger charge is 2.29. The molecule has 6 heteroatoms. The highest BCUT2D eigenvalue weighted by molar-refractivity contribution is 5.82. The van der Waals surface area contributed by atoms with Gasteiger partial charge in [-0.15, -0.1) is 0 Å². The zero-order valence-electron chi connectivity index (χ0n) is 17.4. The van der Waals surface area contributed by atoms with Crippen molar-refractivity contribution < 1.29 is 4.79 Å². The van der Waals surface area contributed by atoms with Crippen LogP contribution in [-0.4, -0.2) is 49.1 Å². The van der Waals surface area contributed by atoms with Gasteiger partial charge in [0.1, 0.15) is 6.04 Å². The van der Waals surface area contributed by atoms with Gasteiger partial charge in [0.25, 0.3) is 0 Å². The summed E-state index contributed by atoms with van der Waals surface area (Å²) in [5.41, 5.74) is 8.60. The van der Waals surface area contributed by atoms with Crippen LogP contribution in [0.3, 0.4) is 0 Å². The van der Waals surface area contributed by atoms with E-state index >= 15 is 0 Å². The third kappa shape index (κ3) is 6.22. The topological polar surface area (TPSA) is 85.4 Å². The minimum Gasteiger partial charge on any atom is -0.372 e. The van der Waals surface area contributed by atoms with Crippen LogP contribution in [0.15, 0.2) is 24.3 Å². The lowest BCUT2D eigenvalue weighted by Crippen LogP contribution is -2.50. The summed E-state index contributed by atoms with van der Waals surface area (Å²) in [4.78, 5) is 16.5. The summed E-state index contributed by atoms with van der Waals surface area (Å²) in [6, 6.07) is 10.1. The van der Waals surface area contributed by atoms with Crippen molar-refractivity contribution in [1.82, 2.24) is 10.2 Å². The lowest BCUT2D eigenvalue weighted by molar-refractivity contribution is -0.135. The summed E-state index contributed by atoms with van der Waals surface area (Å²) >= 11 is 0. The molecule has 28 heavy (non-hydrogen) atoms. The van der Waals surface area contributed by atoms with Gasteiger partial charge in [-0.05, 0) is 70.2 Å². The summed E-state index contributed by atoms with van der Waals surface area (Å²) in [6.45, 7) is 8.65. The molecular weight excluding hydrogens is 350 g/mol. The Labute approximate surface area is 169 Å². The van der Waals surface area contributed by atoms with Crippen molar-refractivity contribution in [2.45, 2.75) is 64.6 Å². The van der Waals surface area contributed by atoms with Gasteiger partial charge in [0.2, 0.25) is 5.91 Å². The van der Waals surface area contributed by atoms with Gasteiger partial charge < -0.3 is 20.9 Å². The Hall–Kier alpha value is -2.10. The molecule has 1 amide bonds. The molecule has 0 radical (unpaired) electrons. The summed E-state index contributed by atoms with van der Waals surface area (Å²) in [5, 5.41) is 12.7. The van der Waals surface area contributed by atoms with Gasteiger partial charge in [0.15, 0.2) is 0 Å². The second-order valence-electron chi connectivity index (χ2n) is 7.44. The lowest BCUT2D eigenvalue weighted by Gasteiger charge is -2.33. The average Bonchev–Trinajstić information content (AvgIpc) is 2.74. The maximum atomic E-state index is 12.5. The number of piperidine rings is 1. The number of amides is 1. The van der Waals surface area contributed by atoms with E-state index in [-0.39, 0.29) is 11.9 Å². The van der Waals surface area contributed by atoms with Crippen LogP contribution < -0.4 is 16.0 Å². The molecule has 1 aromatic rings. The summed E-state index contributed by atoms with van der Waals surface area (Å²) in [7, 11) is 0. The Kier molecular flexibility index (Phi) is 9.26. The van der Waals surface area contributed by atoms with E-state index in [9.17, 15) is 10.1 Å². The number of rotatable bonds is 10. The molecule has 0 aliphatic carbocycles. The first-order chi connectivity index (χ1) is 13.6. The maximum absolute atomic E-state index is 12.5. The summed E-state index contributed by atoms with van der Waals surface area (Å²) in [5.74, 6) is -0.0711. The molecule has 1 aliphatic heterocycles. The van der Waals surface area contributed by atoms with E-state index < -0.39 is 6.04 Å². The zero-order chi connectivity index (χ0) is 20.4. The largest absolute Gasteiger partial charge is 0.372 e. The molecule has 0 spiro atoms. The smallest absolute Gasteiger partial charge is 0.240 e. The monoisotopic (exact) mass is 385 g/mol. The summed E-state index contributed by atoms with van der Waals surface area (Å²) < 4.78 is 0. The minimum absolute atomic E-state index is 0.0711. The van der Waals surface area contributed by atoms with Crippen LogP contribution in [0.25, 0.3) is 0 Å². The van der Waals surface area contributed by atoms with Crippen molar-refractivity contribution in [2.75, 3.05) is 31.1 Å². The van der Waals surface area contributed by atoms with Gasteiger partial charge in [-0.3, -0.25) is 4.79 Å². The molecule has 154 valence electrons. The Morgan fingerprint density at radius 1 is 1.32 bits per heavy atom. The quantitative estimate of drug-likeness (QED) is 0.605. The number of nitrogens with two attached hydrogens (primary N) is 1. The second kappa shape index (κ2) is 11.7. The molecule has 3 N–H and O–H groups in total. The van der Waals surface area contributed by atoms with Gasteiger partial charge in [-0.1, -0.05) is 12.1 Å². The third-order valence-corrected chi connectivity index (χ3v) is 5.51. The van der Waals surface area contributed by atoms with E-state index in [1.165, 1.54) is 11.3 Å². The van der Waals surface area contributed by atoms with Crippen LogP contribution in [-0.2, 0) is 11.3 Å². The normalized spacial score (nSPS) is 17.8. The molecule has 2 rings (SSSR count). The van der Waals surface area contributed by atoms with Gasteiger partial charge in [0.05, 0.1) is 12.1 Å². The van der Waals surface area contributed by atoms with E-state index in [1.807, 2.05) is 0 Å². The number of hydrogen-bond acceptors (Lipinski definition) is 5. The van der Waals surface area contributed by atoms with Crippen LogP contribution in [0.1, 0.15) is 51.5 Å². The van der Waals surface area contributed by atoms with Gasteiger partial charge in [-0.25, -0.2) is 0 Å². The first-order valence-corrected chi connectivity index (χ1v) is 10.6. The molecule has 0 aromatic heterocycles. The van der Waals surface area contributed by atoms with E-state index in [0.29, 0.717) is 13.0 Å². The number of nitrogens with one attached hydrogen (secondary N) is 1. The van der Waals surface area contributed by atoms with Crippen LogP contribution in [0.5, 0.6) is 0 Å². The number of benzene rings is 1. The Morgan fingerprint density at radius 3 is 2.68 bits per heavy atom. The molecule has 2 unspecified atom stereocenters. The number of likely N-dealkylation sites (tertiary alicyclic amines) is 1. The van der Waals surface area contributed by atoms with E-state index in [1.54, 1.807) is 4.90 Å². The number of nitrogens with zero attached hydrogens (tertiary/aromatic N) is 3. The van der Waals surface area contributed by atoms with Crippen molar-refractivity contribution in [2.24, 2.45) is 5.73 Å². The number of carbonyl (C=O) groups is 1. The van der Waals surface area contributed by atoms with Crippen molar-refractivity contribution >= 4 is 11.6 Å². The average molecular weight is 386 g/mol. The van der Waals surface area contributed by atoms with Gasteiger partial charge in [-0.2, -0.15) is 5.26 Å². The predicted molar refractivity (Wildman–Crippen MR) is 114 cm³/mol. The number of nitriles is 1. The molecule has 1 heterocycles. The zero-order valence-corrected chi connectivity index (χ0v) is 17.4. The molecular formula is C22H35N5O. The molecule has 1 saturated heterocycles. The van der Waals surface area contributed by atoms with Gasteiger partial charge >= 0.3 is 0 Å². The molecule has 0 saturated carbocycles. The molecule has 1 aliphatic rings. The van der Waals surface area contributed by atoms with E-state index in [2.05, 4.69) is 54.4 Å². The summed E-state index contributed by atoms with van der Waals surface area (Å²) in [6.07, 6.45) is 4.22. The fraction of sp³-hybridized carbons (Fsp3) is 0.636. The first-order valence-electron chi connectivity index (χ1n) is 10.6. The molecule has 1 aromatic carbocycles. The van der Waals surface area contributed by atoms with Crippen molar-refractivity contribution in [3.63, 3.8) is 0 Å². The predicted octanol–water partition coefficient (Wildman–Crippen LogP) is 2.63. The highest BCUT2D eigenvalue weighted by Crippen LogP contribution is 2.18.